The summed E-state index contributed by atoms with van der Waals surface area (Å²) in [5.41, 5.74) is 0. The molecule has 2 fully saturated rings. The van der Waals surface area contributed by atoms with Crippen molar-refractivity contribution < 1.29 is 13.2 Å². The van der Waals surface area contributed by atoms with Crippen LogP contribution in [0.15, 0.2) is 0 Å². The zero-order valence-corrected chi connectivity index (χ0v) is 13.5. The maximum Gasteiger partial charge on any atom is 0.211 e. The van der Waals surface area contributed by atoms with Crippen LogP contribution in [0.2, 0.25) is 0 Å². The zero-order valence-electron chi connectivity index (χ0n) is 12.7. The minimum absolute atomic E-state index is 0.227. The lowest BCUT2D eigenvalue weighted by Crippen LogP contribution is -2.40. The van der Waals surface area contributed by atoms with Gasteiger partial charge in [-0.3, -0.25) is 4.79 Å². The van der Waals surface area contributed by atoms with Crippen LogP contribution in [-0.4, -0.2) is 37.9 Å². The number of carbonyl (C=O) groups excluding carboxylic acids is 1. The van der Waals surface area contributed by atoms with Gasteiger partial charge < -0.3 is 0 Å². The summed E-state index contributed by atoms with van der Waals surface area (Å²) in [4.78, 5) is 12.4. The van der Waals surface area contributed by atoms with Crippen LogP contribution < -0.4 is 0 Å². The number of sulfonamides is 1. The van der Waals surface area contributed by atoms with Crippen LogP contribution in [0.1, 0.15) is 51.9 Å². The molecular weight excluding hydrogens is 274 g/mol. The van der Waals surface area contributed by atoms with Crippen LogP contribution in [0.3, 0.4) is 0 Å². The van der Waals surface area contributed by atoms with Crippen molar-refractivity contribution >= 4 is 15.8 Å². The molecule has 2 rings (SSSR count). The Bertz CT molecular complexity index is 438. The van der Waals surface area contributed by atoms with Gasteiger partial charge in [-0.2, -0.15) is 0 Å². The number of hydrogen-bond acceptors (Lipinski definition) is 3. The summed E-state index contributed by atoms with van der Waals surface area (Å²) in [5.74, 6) is 1.59. The summed E-state index contributed by atoms with van der Waals surface area (Å²) < 4.78 is 24.7. The Labute approximate surface area is 123 Å². The minimum Gasteiger partial charge on any atom is -0.299 e. The number of nitrogens with zero attached hydrogens (tertiary/aromatic N) is 1. The highest BCUT2D eigenvalue weighted by atomic mass is 32.2. The summed E-state index contributed by atoms with van der Waals surface area (Å²) in [6, 6.07) is 0. The highest BCUT2D eigenvalue weighted by Gasteiger charge is 2.30. The van der Waals surface area contributed by atoms with Crippen molar-refractivity contribution in [2.75, 3.05) is 19.3 Å². The fourth-order valence-electron chi connectivity index (χ4n) is 3.53. The van der Waals surface area contributed by atoms with Crippen molar-refractivity contribution in [1.82, 2.24) is 4.31 Å². The third-order valence-electron chi connectivity index (χ3n) is 4.91. The van der Waals surface area contributed by atoms with Gasteiger partial charge in [0.2, 0.25) is 10.0 Å². The van der Waals surface area contributed by atoms with Crippen LogP contribution >= 0.6 is 0 Å². The molecule has 20 heavy (non-hydrogen) atoms. The molecule has 2 aliphatic rings. The van der Waals surface area contributed by atoms with Crippen LogP contribution in [0, 0.1) is 17.8 Å². The number of carbonyl (C=O) groups is 1. The normalized spacial score (nSPS) is 33.0. The molecule has 0 bridgehead atoms. The third-order valence-corrected chi connectivity index (χ3v) is 6.18. The van der Waals surface area contributed by atoms with E-state index in [-0.39, 0.29) is 11.8 Å². The molecule has 1 saturated carbocycles. The molecule has 1 saturated heterocycles. The topological polar surface area (TPSA) is 54.5 Å². The van der Waals surface area contributed by atoms with Gasteiger partial charge in [-0.1, -0.05) is 19.8 Å². The average Bonchev–Trinajstić information content (AvgIpc) is 2.38. The Hall–Kier alpha value is -0.420. The van der Waals surface area contributed by atoms with E-state index in [0.717, 1.165) is 44.4 Å². The molecule has 5 heteroatoms. The van der Waals surface area contributed by atoms with Crippen LogP contribution in [-0.2, 0) is 14.8 Å². The Kier molecular flexibility index (Phi) is 5.24. The van der Waals surface area contributed by atoms with E-state index in [4.69, 9.17) is 0 Å². The average molecular weight is 301 g/mol. The second-order valence-electron chi connectivity index (χ2n) is 6.76. The Morgan fingerprint density at radius 2 is 1.80 bits per heavy atom. The van der Waals surface area contributed by atoms with Gasteiger partial charge in [0.1, 0.15) is 5.78 Å². The Balaban J connectivity index is 1.85. The van der Waals surface area contributed by atoms with E-state index in [1.165, 1.54) is 10.6 Å². The van der Waals surface area contributed by atoms with Gasteiger partial charge in [-0.25, -0.2) is 12.7 Å². The molecule has 4 nitrogen and oxygen atoms in total. The smallest absolute Gasteiger partial charge is 0.211 e. The fraction of sp³-hybridized carbons (Fsp3) is 0.933. The van der Waals surface area contributed by atoms with Gasteiger partial charge in [0.15, 0.2) is 0 Å². The highest BCUT2D eigenvalue weighted by molar-refractivity contribution is 7.88. The quantitative estimate of drug-likeness (QED) is 0.801. The van der Waals surface area contributed by atoms with Gasteiger partial charge in [0.25, 0.3) is 0 Å². The zero-order chi connectivity index (χ0) is 14.8. The lowest BCUT2D eigenvalue weighted by atomic mass is 9.78. The summed E-state index contributed by atoms with van der Waals surface area (Å²) in [5, 5.41) is 0. The van der Waals surface area contributed by atoms with Crippen LogP contribution in [0.4, 0.5) is 0 Å². The Morgan fingerprint density at radius 1 is 1.15 bits per heavy atom. The fourth-order valence-corrected chi connectivity index (χ4v) is 4.47. The first kappa shape index (κ1) is 16.0. The molecule has 0 aromatic rings. The minimum atomic E-state index is -3.10. The Morgan fingerprint density at radius 3 is 2.40 bits per heavy atom. The first-order valence-electron chi connectivity index (χ1n) is 7.84. The van der Waals surface area contributed by atoms with Crippen molar-refractivity contribution in [3.8, 4) is 0 Å². The van der Waals surface area contributed by atoms with Crippen LogP contribution in [0.5, 0.6) is 0 Å². The van der Waals surface area contributed by atoms with E-state index in [1.807, 2.05) is 0 Å². The van der Waals surface area contributed by atoms with Crippen molar-refractivity contribution in [3.05, 3.63) is 0 Å². The molecule has 0 N–H and O–H groups in total. The van der Waals surface area contributed by atoms with Gasteiger partial charge in [0, 0.05) is 25.4 Å². The standard InChI is InChI=1S/C15H27NO3S/c1-12-5-7-14(8-6-12)15(17)10-13-4-3-9-16(11-13)20(2,18)19/h12-14H,3-11H2,1-2H3. The first-order valence-corrected chi connectivity index (χ1v) is 9.69. The van der Waals surface area contributed by atoms with Gasteiger partial charge in [-0.05, 0) is 37.5 Å². The first-order chi connectivity index (χ1) is 9.36. The molecule has 0 aromatic heterocycles. The van der Waals surface area contributed by atoms with E-state index in [0.29, 0.717) is 25.3 Å². The van der Waals surface area contributed by atoms with Gasteiger partial charge >= 0.3 is 0 Å². The molecular formula is C15H27NO3S. The molecule has 0 radical (unpaired) electrons. The number of piperidine rings is 1. The molecule has 1 unspecified atom stereocenters. The number of ketones is 1. The molecule has 1 atom stereocenters. The van der Waals surface area contributed by atoms with E-state index in [2.05, 4.69) is 6.92 Å². The summed E-state index contributed by atoms with van der Waals surface area (Å²) in [7, 11) is -3.10. The largest absolute Gasteiger partial charge is 0.299 e. The lowest BCUT2D eigenvalue weighted by Gasteiger charge is -2.32. The van der Waals surface area contributed by atoms with E-state index in [9.17, 15) is 13.2 Å². The summed E-state index contributed by atoms with van der Waals surface area (Å²) >= 11 is 0. The molecule has 1 aliphatic carbocycles. The number of rotatable bonds is 4. The van der Waals surface area contributed by atoms with Gasteiger partial charge in [-0.15, -0.1) is 0 Å². The van der Waals surface area contributed by atoms with Crippen molar-refractivity contribution in [1.29, 1.82) is 0 Å². The number of Topliss-reactive ketones (excluding diaryl/α,β-unsaturated/α-hetero) is 1. The third kappa shape index (κ3) is 4.29. The summed E-state index contributed by atoms with van der Waals surface area (Å²) in [6.45, 7) is 3.41. The molecule has 116 valence electrons. The molecule has 1 heterocycles. The maximum atomic E-state index is 12.4. The SMILES string of the molecule is CC1CCC(C(=O)CC2CCCN(S(C)(=O)=O)C2)CC1. The van der Waals surface area contributed by atoms with E-state index < -0.39 is 10.0 Å². The highest BCUT2D eigenvalue weighted by Crippen LogP contribution is 2.31. The van der Waals surface area contributed by atoms with E-state index >= 15 is 0 Å². The van der Waals surface area contributed by atoms with Crippen molar-refractivity contribution in [3.63, 3.8) is 0 Å². The van der Waals surface area contributed by atoms with E-state index in [1.54, 1.807) is 0 Å². The predicted molar refractivity (Wildman–Crippen MR) is 79.9 cm³/mol. The lowest BCUT2D eigenvalue weighted by molar-refractivity contribution is -0.125. The van der Waals surface area contributed by atoms with Gasteiger partial charge in [0.05, 0.1) is 6.26 Å². The number of hydrogen-bond donors (Lipinski definition) is 0. The molecule has 1 aliphatic heterocycles. The predicted octanol–water partition coefficient (Wildman–Crippen LogP) is 2.44. The maximum absolute atomic E-state index is 12.4. The summed E-state index contributed by atoms with van der Waals surface area (Å²) in [6.07, 6.45) is 8.09. The second kappa shape index (κ2) is 6.56. The molecule has 0 aromatic carbocycles. The van der Waals surface area contributed by atoms with Crippen LogP contribution in [0.25, 0.3) is 0 Å². The molecule has 0 amide bonds. The van der Waals surface area contributed by atoms with Crippen molar-refractivity contribution in [2.45, 2.75) is 51.9 Å². The monoisotopic (exact) mass is 301 g/mol. The molecule has 0 spiro atoms. The second-order valence-corrected chi connectivity index (χ2v) is 8.74. The van der Waals surface area contributed by atoms with Crippen molar-refractivity contribution in [2.24, 2.45) is 17.8 Å².